The number of para-hydroxylation sites is 1. The van der Waals surface area contributed by atoms with Gasteiger partial charge < -0.3 is 50.3 Å². The molecule has 1 aliphatic carbocycles. The summed E-state index contributed by atoms with van der Waals surface area (Å²) < 4.78 is 51.8. The Balaban J connectivity index is 0.000000132. The summed E-state index contributed by atoms with van der Waals surface area (Å²) in [4.78, 5) is 70.8. The summed E-state index contributed by atoms with van der Waals surface area (Å²) in [6, 6.07) is 46.4. The Labute approximate surface area is 661 Å². The molecular formula is C82H89ClF3N21O3S2. The Bertz CT molecular complexity index is 5400. The number of thiophene rings is 2. The number of benzene rings is 5. The summed E-state index contributed by atoms with van der Waals surface area (Å²) in [5.74, 6) is 4.27. The normalized spacial score (nSPS) is 13.4. The van der Waals surface area contributed by atoms with Gasteiger partial charge in [-0.15, -0.1) is 22.7 Å². The zero-order valence-electron chi connectivity index (χ0n) is 63.8. The number of alkyl halides is 3. The van der Waals surface area contributed by atoms with Gasteiger partial charge >= 0.3 is 6.18 Å². The number of carbonyl (C=O) groups is 1. The summed E-state index contributed by atoms with van der Waals surface area (Å²) >= 11 is 9.32. The SMILES string of the molecule is CC(Nc1ncnc2sccc12)c1ccccn1.CCc1cc2c(NC3CCCC3)ncnc2s1.CN(C)c1ccc2ncnc(N3CCN(C(=O)c4ccc(Cl)cc4)CC3)c2c1.COc1ccc(CCNc2ncnc3c2cnn3C)cc1.COc1cccc(C(CNc2nc(C(F)(F)F)nc3ccccc23)N(C)C)c1. The van der Waals surface area contributed by atoms with Gasteiger partial charge in [0, 0.05) is 105 Å². The zero-order chi connectivity index (χ0) is 78.7. The maximum absolute atomic E-state index is 13.2. The summed E-state index contributed by atoms with van der Waals surface area (Å²) in [7, 11) is 13.0. The molecule has 5 aromatic carbocycles. The van der Waals surface area contributed by atoms with Crippen molar-refractivity contribution in [1.82, 2.24) is 74.4 Å². The van der Waals surface area contributed by atoms with Crippen LogP contribution in [0.2, 0.25) is 5.02 Å². The van der Waals surface area contributed by atoms with Crippen LogP contribution in [0.1, 0.15) is 89.5 Å². The van der Waals surface area contributed by atoms with Crippen molar-refractivity contribution in [3.63, 3.8) is 0 Å². The number of methoxy groups -OCH3 is 2. The molecule has 4 N–H and O–H groups in total. The molecule has 0 spiro atoms. The first kappa shape index (κ1) is 80.0. The van der Waals surface area contributed by atoms with Gasteiger partial charge in [-0.05, 0) is 166 Å². The van der Waals surface area contributed by atoms with Gasteiger partial charge in [-0.25, -0.2) is 49.8 Å². The van der Waals surface area contributed by atoms with Crippen molar-refractivity contribution in [2.24, 2.45) is 7.05 Å². The number of likely N-dealkylation sites (N-methyl/N-ethyl adjacent to an activating group) is 1. The van der Waals surface area contributed by atoms with E-state index in [1.165, 1.54) is 41.5 Å². The van der Waals surface area contributed by atoms with Gasteiger partial charge in [-0.3, -0.25) is 14.5 Å². The van der Waals surface area contributed by atoms with Crippen LogP contribution < -0.4 is 40.5 Å². The number of piperazine rings is 1. The predicted octanol–water partition coefficient (Wildman–Crippen LogP) is 16.6. The first-order valence-corrected chi connectivity index (χ1v) is 38.8. The van der Waals surface area contributed by atoms with Gasteiger partial charge in [0.25, 0.3) is 5.91 Å². The molecule has 0 bridgehead atoms. The highest BCUT2D eigenvalue weighted by molar-refractivity contribution is 7.18. The molecule has 0 radical (unpaired) electrons. The van der Waals surface area contributed by atoms with Crippen LogP contribution in [0.5, 0.6) is 11.5 Å². The smallest absolute Gasteiger partial charge is 0.451 e. The molecule has 24 nitrogen and oxygen atoms in total. The van der Waals surface area contributed by atoms with E-state index in [0.29, 0.717) is 41.6 Å². The lowest BCUT2D eigenvalue weighted by molar-refractivity contribution is -0.144. The molecule has 1 aliphatic heterocycles. The molecule has 2 atom stereocenters. The number of aromatic nitrogens is 13. The van der Waals surface area contributed by atoms with E-state index >= 15 is 0 Å². The number of hydrogen-bond acceptors (Lipinski definition) is 24. The van der Waals surface area contributed by atoms with Crippen molar-refractivity contribution in [2.75, 3.05) is 113 Å². The number of nitrogens with zero attached hydrogens (tertiary/aromatic N) is 17. The van der Waals surface area contributed by atoms with Crippen molar-refractivity contribution in [3.05, 3.63) is 227 Å². The van der Waals surface area contributed by atoms with E-state index in [1.54, 1.807) is 128 Å². The Morgan fingerprint density at radius 1 is 0.661 bits per heavy atom. The van der Waals surface area contributed by atoms with E-state index in [9.17, 15) is 18.0 Å². The van der Waals surface area contributed by atoms with Gasteiger partial charge in [-0.1, -0.05) is 73.8 Å². The highest BCUT2D eigenvalue weighted by Crippen LogP contribution is 2.35. The number of nitrogens with one attached hydrogen (secondary N) is 4. The minimum absolute atomic E-state index is 0.0405. The lowest BCUT2D eigenvalue weighted by Gasteiger charge is -2.36. The average molecular weight is 1570 g/mol. The van der Waals surface area contributed by atoms with E-state index in [0.717, 1.165) is 121 Å². The van der Waals surface area contributed by atoms with Crippen LogP contribution in [0, 0.1) is 0 Å². The number of rotatable bonds is 20. The van der Waals surface area contributed by atoms with E-state index in [2.05, 4.69) is 135 Å². The first-order valence-electron chi connectivity index (χ1n) is 36.8. The average Bonchev–Trinajstić information content (AvgIpc) is 0.815. The molecule has 16 rings (SSSR count). The predicted molar refractivity (Wildman–Crippen MR) is 444 cm³/mol. The number of ether oxygens (including phenoxy) is 2. The van der Waals surface area contributed by atoms with Gasteiger partial charge in [0.1, 0.15) is 75.6 Å². The van der Waals surface area contributed by atoms with Crippen molar-refractivity contribution in [1.29, 1.82) is 0 Å². The zero-order valence-corrected chi connectivity index (χ0v) is 66.2. The molecule has 1 saturated heterocycles. The van der Waals surface area contributed by atoms with Gasteiger partial charge in [0.2, 0.25) is 5.82 Å². The summed E-state index contributed by atoms with van der Waals surface area (Å²) in [6.45, 7) is 8.19. The quantitative estimate of drug-likeness (QED) is 0.0553. The lowest BCUT2D eigenvalue weighted by atomic mass is 10.1. The monoisotopic (exact) mass is 1570 g/mol. The number of anilines is 6. The van der Waals surface area contributed by atoms with Gasteiger partial charge in [-0.2, -0.15) is 18.3 Å². The van der Waals surface area contributed by atoms with E-state index in [1.807, 2.05) is 117 Å². The molecule has 10 heterocycles. The highest BCUT2D eigenvalue weighted by Gasteiger charge is 2.36. The second-order valence-corrected chi connectivity index (χ2v) is 29.4. The Hall–Kier alpha value is -11.5. The molecule has 2 aliphatic rings. The van der Waals surface area contributed by atoms with E-state index in [4.69, 9.17) is 21.1 Å². The van der Waals surface area contributed by atoms with Crippen molar-refractivity contribution >= 4 is 128 Å². The number of carbonyl (C=O) groups excluding carboxylic acids is 1. The third-order valence-electron chi connectivity index (χ3n) is 19.1. The third-order valence-corrected chi connectivity index (χ3v) is 21.3. The van der Waals surface area contributed by atoms with Gasteiger partial charge in [0.15, 0.2) is 5.65 Å². The Morgan fingerprint density at radius 2 is 1.38 bits per heavy atom. The second kappa shape index (κ2) is 37.9. The lowest BCUT2D eigenvalue weighted by Crippen LogP contribution is -2.49. The highest BCUT2D eigenvalue weighted by atomic mass is 35.5. The Morgan fingerprint density at radius 3 is 2.11 bits per heavy atom. The molecule has 580 valence electrons. The minimum Gasteiger partial charge on any atom is -0.497 e. The largest absolute Gasteiger partial charge is 0.497 e. The molecular weight excluding hydrogens is 1480 g/mol. The van der Waals surface area contributed by atoms with Crippen molar-refractivity contribution in [3.8, 4) is 11.5 Å². The molecule has 9 aromatic heterocycles. The van der Waals surface area contributed by atoms with Crippen LogP contribution in [0.25, 0.3) is 53.3 Å². The third kappa shape index (κ3) is 20.5. The molecule has 1 amide bonds. The Kier molecular flexibility index (Phi) is 27.1. The number of amides is 1. The molecule has 30 heteroatoms. The molecule has 14 aromatic rings. The number of fused-ring (bicyclic) bond motifs is 5. The fourth-order valence-electron chi connectivity index (χ4n) is 12.9. The second-order valence-electron chi connectivity index (χ2n) is 27.0. The number of hydrogen-bond donors (Lipinski definition) is 4. The summed E-state index contributed by atoms with van der Waals surface area (Å²) in [5, 5.41) is 25.0. The van der Waals surface area contributed by atoms with Crippen LogP contribution in [-0.4, -0.2) is 168 Å². The van der Waals surface area contributed by atoms with Crippen LogP contribution in [0.4, 0.5) is 47.9 Å². The van der Waals surface area contributed by atoms with Crippen molar-refractivity contribution < 1.29 is 27.4 Å². The number of pyridine rings is 1. The van der Waals surface area contributed by atoms with Crippen LogP contribution in [-0.2, 0) is 26.1 Å². The van der Waals surface area contributed by atoms with E-state index in [-0.39, 0.29) is 29.3 Å². The molecule has 2 unspecified atom stereocenters. The van der Waals surface area contributed by atoms with Crippen LogP contribution >= 0.6 is 34.3 Å². The summed E-state index contributed by atoms with van der Waals surface area (Å²) in [6.07, 6.45) is 12.6. The summed E-state index contributed by atoms with van der Waals surface area (Å²) in [5.41, 5.74) is 7.01. The van der Waals surface area contributed by atoms with E-state index < -0.39 is 12.0 Å². The van der Waals surface area contributed by atoms with Crippen LogP contribution in [0.15, 0.2) is 189 Å². The fourth-order valence-corrected chi connectivity index (χ4v) is 14.7. The standard InChI is InChI=1S/C21H22ClN5O.C20H21F3N4O.C15H17N5O.C13H12N4S.C13H17N3S/c1-25(2)17-7-8-19-18(13-17)20(24-14-23-19)26-9-11-27(12-10-26)21(28)15-3-5-16(22)6-4-15;1-27(2)17(13-7-6-8-14(11-13)28-3)12-24-18-15-9-4-5-10-16(15)25-19(26-18)20(21,22)23;1-20-15-13(9-19-20)14(17-10-18-15)16-8-7-11-3-5-12(21-2)6-4-11;1-9(11-4-2-3-6-14-11)17-12-10-5-7-18-13(10)16-8-15-12;1-2-10-7-11-12(14-8-15-13(11)17-10)16-9-5-3-4-6-9/h3-8,13-14H,9-12H2,1-2H3;4-11,17H,12H2,1-3H3,(H,24,25,26);3-6,9-10H,7-8H2,1-2H3,(H,16,17,18);2-9H,1H3,(H,15,16,17);7-9H,2-6H2,1H3,(H,14,15,16). The number of halogens is 4. The maximum atomic E-state index is 13.2. The molecule has 1 saturated carbocycles. The topological polar surface area (TPSA) is 256 Å². The van der Waals surface area contributed by atoms with Crippen LogP contribution in [0.3, 0.4) is 0 Å². The fraction of sp³-hybridized carbons (Fsp3) is 0.305. The number of aryl methyl sites for hydroxylation is 2. The molecule has 2 fully saturated rings. The first-order chi connectivity index (χ1) is 54.3. The molecule has 112 heavy (non-hydrogen) atoms. The minimum atomic E-state index is -4.62. The maximum Gasteiger partial charge on any atom is 0.451 e. The van der Waals surface area contributed by atoms with Gasteiger partial charge in [0.05, 0.1) is 65.4 Å². The van der Waals surface area contributed by atoms with Crippen molar-refractivity contribution in [2.45, 2.75) is 76.7 Å².